The largest absolute Gasteiger partial charge is 0.391 e. The molecule has 0 spiro atoms. The quantitative estimate of drug-likeness (QED) is 0.574. The van der Waals surface area contributed by atoms with E-state index in [4.69, 9.17) is 0 Å². The molecule has 8 nitrogen and oxygen atoms in total. The van der Waals surface area contributed by atoms with Crippen LogP contribution >= 0.6 is 0 Å². The normalized spacial score (nSPS) is 19.7. The summed E-state index contributed by atoms with van der Waals surface area (Å²) in [6, 6.07) is 10.1. The lowest BCUT2D eigenvalue weighted by atomic mass is 10.1. The second-order valence-electron chi connectivity index (χ2n) is 6.93. The van der Waals surface area contributed by atoms with E-state index in [0.717, 1.165) is 35.7 Å². The Hall–Kier alpha value is -3.13. The fourth-order valence-corrected chi connectivity index (χ4v) is 3.63. The Morgan fingerprint density at radius 1 is 1.19 bits per heavy atom. The van der Waals surface area contributed by atoms with Gasteiger partial charge in [0, 0.05) is 11.6 Å². The summed E-state index contributed by atoms with van der Waals surface area (Å²) in [6.45, 7) is 0.547. The Morgan fingerprint density at radius 3 is 3.04 bits per heavy atom. The third-order valence-electron chi connectivity index (χ3n) is 5.04. The van der Waals surface area contributed by atoms with Crippen molar-refractivity contribution >= 4 is 28.0 Å². The van der Waals surface area contributed by atoms with E-state index in [1.165, 1.54) is 0 Å². The number of fused-ring (bicyclic) bond motifs is 2. The topological polar surface area (TPSA) is 102 Å². The monoisotopic (exact) mass is 361 g/mol. The van der Waals surface area contributed by atoms with Crippen LogP contribution in [0.1, 0.15) is 24.8 Å². The minimum atomic E-state index is -0.336. The minimum absolute atomic E-state index is 0.0223. The predicted molar refractivity (Wildman–Crippen MR) is 101 cm³/mol. The van der Waals surface area contributed by atoms with Crippen molar-refractivity contribution in [3.63, 3.8) is 0 Å². The van der Waals surface area contributed by atoms with Gasteiger partial charge in [-0.15, -0.1) is 5.10 Å². The van der Waals surface area contributed by atoms with E-state index in [-0.39, 0.29) is 12.1 Å². The Bertz CT molecular complexity index is 1110. The number of aliphatic hydroxyl groups excluding tert-OH is 1. The van der Waals surface area contributed by atoms with Gasteiger partial charge in [-0.2, -0.15) is 0 Å². The molecule has 27 heavy (non-hydrogen) atoms. The first-order valence-corrected chi connectivity index (χ1v) is 9.11. The van der Waals surface area contributed by atoms with Gasteiger partial charge >= 0.3 is 0 Å². The zero-order chi connectivity index (χ0) is 18.2. The van der Waals surface area contributed by atoms with Crippen LogP contribution in [-0.2, 0) is 6.54 Å². The van der Waals surface area contributed by atoms with Gasteiger partial charge in [0.2, 0.25) is 5.65 Å². The van der Waals surface area contributed by atoms with Gasteiger partial charge in [0.05, 0.1) is 30.4 Å². The van der Waals surface area contributed by atoms with Crippen LogP contribution in [-0.4, -0.2) is 47.2 Å². The summed E-state index contributed by atoms with van der Waals surface area (Å²) in [5, 5.41) is 22.7. The fraction of sp³-hybridized carbons (Fsp3) is 0.316. The summed E-state index contributed by atoms with van der Waals surface area (Å²) in [5.41, 5.74) is 3.19. The first-order chi connectivity index (χ1) is 13.3. The highest BCUT2D eigenvalue weighted by molar-refractivity contribution is 5.79. The van der Waals surface area contributed by atoms with Gasteiger partial charge < -0.3 is 10.4 Å². The molecule has 2 N–H and O–H groups in total. The predicted octanol–water partition coefficient (Wildman–Crippen LogP) is 2.14. The van der Waals surface area contributed by atoms with Crippen molar-refractivity contribution in [1.82, 2.24) is 29.9 Å². The molecule has 1 saturated carbocycles. The van der Waals surface area contributed by atoms with Crippen LogP contribution in [0.25, 0.3) is 22.2 Å². The Kier molecular flexibility index (Phi) is 3.90. The first-order valence-electron chi connectivity index (χ1n) is 9.11. The van der Waals surface area contributed by atoms with Crippen molar-refractivity contribution in [3.8, 4) is 0 Å². The number of nitrogens with zero attached hydrogens (tertiary/aromatic N) is 6. The van der Waals surface area contributed by atoms with E-state index < -0.39 is 0 Å². The van der Waals surface area contributed by atoms with Crippen molar-refractivity contribution in [2.75, 3.05) is 5.32 Å². The molecule has 0 amide bonds. The Balaban J connectivity index is 1.44. The molecule has 2 atom stereocenters. The molecular weight excluding hydrogens is 342 g/mol. The van der Waals surface area contributed by atoms with Crippen LogP contribution in [0.4, 0.5) is 5.82 Å². The molecule has 8 heteroatoms. The average molecular weight is 361 g/mol. The van der Waals surface area contributed by atoms with Gasteiger partial charge in [-0.1, -0.05) is 17.3 Å². The first kappa shape index (κ1) is 16.1. The maximum atomic E-state index is 10.0. The van der Waals surface area contributed by atoms with Crippen molar-refractivity contribution in [2.24, 2.45) is 0 Å². The van der Waals surface area contributed by atoms with E-state index in [2.05, 4.69) is 36.6 Å². The lowest BCUT2D eigenvalue weighted by Gasteiger charge is -2.16. The summed E-state index contributed by atoms with van der Waals surface area (Å²) in [4.78, 5) is 13.3. The SMILES string of the molecule is O[C@H]1CCC[C@H]1Nc1cnc2nnn(Cc3ccc4ncccc4c3)c2n1. The number of rotatable bonds is 4. The maximum absolute atomic E-state index is 10.0. The smallest absolute Gasteiger partial charge is 0.221 e. The van der Waals surface area contributed by atoms with Crippen LogP contribution in [0.15, 0.2) is 42.7 Å². The van der Waals surface area contributed by atoms with Crippen molar-refractivity contribution in [1.29, 1.82) is 0 Å². The molecule has 0 aliphatic heterocycles. The second-order valence-corrected chi connectivity index (χ2v) is 6.93. The summed E-state index contributed by atoms with van der Waals surface area (Å²) >= 11 is 0. The second kappa shape index (κ2) is 6.55. The Labute approximate surface area is 155 Å². The number of benzene rings is 1. The molecule has 3 heterocycles. The third-order valence-corrected chi connectivity index (χ3v) is 5.04. The van der Waals surface area contributed by atoms with Crippen LogP contribution in [0.5, 0.6) is 0 Å². The Morgan fingerprint density at radius 2 is 2.15 bits per heavy atom. The van der Waals surface area contributed by atoms with E-state index >= 15 is 0 Å². The zero-order valence-corrected chi connectivity index (χ0v) is 14.7. The molecular formula is C19H19N7O. The molecule has 136 valence electrons. The number of anilines is 1. The van der Waals surface area contributed by atoms with Gasteiger partial charge in [-0.3, -0.25) is 4.98 Å². The van der Waals surface area contributed by atoms with Gasteiger partial charge in [0.1, 0.15) is 5.82 Å². The number of pyridine rings is 1. The van der Waals surface area contributed by atoms with Gasteiger partial charge in [0.25, 0.3) is 0 Å². The van der Waals surface area contributed by atoms with E-state index in [1.807, 2.05) is 24.3 Å². The highest BCUT2D eigenvalue weighted by atomic mass is 16.3. The van der Waals surface area contributed by atoms with Crippen LogP contribution in [0.2, 0.25) is 0 Å². The van der Waals surface area contributed by atoms with Crippen molar-refractivity contribution < 1.29 is 5.11 Å². The number of nitrogens with one attached hydrogen (secondary N) is 1. The van der Waals surface area contributed by atoms with Crippen molar-refractivity contribution in [2.45, 2.75) is 38.0 Å². The number of aliphatic hydroxyl groups is 1. The van der Waals surface area contributed by atoms with Gasteiger partial charge in [-0.05, 0) is 43.0 Å². The molecule has 0 saturated heterocycles. The summed E-state index contributed by atoms with van der Waals surface area (Å²) in [6.07, 6.45) is 5.88. The van der Waals surface area contributed by atoms with E-state index in [1.54, 1.807) is 17.1 Å². The molecule has 1 aromatic carbocycles. The maximum Gasteiger partial charge on any atom is 0.221 e. The lowest BCUT2D eigenvalue weighted by molar-refractivity contribution is 0.171. The van der Waals surface area contributed by atoms with Crippen LogP contribution in [0, 0.1) is 0 Å². The van der Waals surface area contributed by atoms with Crippen LogP contribution < -0.4 is 5.32 Å². The molecule has 1 aliphatic rings. The molecule has 1 fully saturated rings. The van der Waals surface area contributed by atoms with Crippen LogP contribution in [0.3, 0.4) is 0 Å². The fourth-order valence-electron chi connectivity index (χ4n) is 3.63. The molecule has 3 aromatic heterocycles. The molecule has 5 rings (SSSR count). The highest BCUT2D eigenvalue weighted by Gasteiger charge is 2.25. The van der Waals surface area contributed by atoms with Gasteiger partial charge in [0.15, 0.2) is 5.65 Å². The summed E-state index contributed by atoms with van der Waals surface area (Å²) < 4.78 is 1.75. The lowest BCUT2D eigenvalue weighted by Crippen LogP contribution is -2.28. The minimum Gasteiger partial charge on any atom is -0.391 e. The highest BCUT2D eigenvalue weighted by Crippen LogP contribution is 2.23. The van der Waals surface area contributed by atoms with E-state index in [9.17, 15) is 5.11 Å². The third kappa shape index (κ3) is 3.08. The molecule has 0 radical (unpaired) electrons. The average Bonchev–Trinajstić information content (AvgIpc) is 3.28. The standard InChI is InChI=1S/C19H19N7O/c27-16-5-1-4-15(16)22-17-10-21-18-19(23-17)26(25-24-18)11-12-6-7-14-13(9-12)3-2-8-20-14/h2-3,6-10,15-16,27H,1,4-5,11H2,(H,22,23)/t15-,16+/m1/s1. The molecule has 1 aliphatic carbocycles. The molecule has 4 aromatic rings. The number of hydrogen-bond acceptors (Lipinski definition) is 7. The van der Waals surface area contributed by atoms with Gasteiger partial charge in [-0.25, -0.2) is 14.6 Å². The van der Waals surface area contributed by atoms with Crippen molar-refractivity contribution in [3.05, 3.63) is 48.3 Å². The molecule has 0 bridgehead atoms. The molecule has 0 unspecified atom stereocenters. The number of aromatic nitrogens is 6. The summed E-state index contributed by atoms with van der Waals surface area (Å²) in [5.74, 6) is 0.639. The summed E-state index contributed by atoms with van der Waals surface area (Å²) in [7, 11) is 0. The van der Waals surface area contributed by atoms with E-state index in [0.29, 0.717) is 23.7 Å². The zero-order valence-electron chi connectivity index (χ0n) is 14.7. The number of hydrogen-bond donors (Lipinski definition) is 2.